The van der Waals surface area contributed by atoms with Crippen molar-refractivity contribution in [2.24, 2.45) is 5.41 Å². The van der Waals surface area contributed by atoms with Gasteiger partial charge in [0.1, 0.15) is 12.6 Å². The predicted octanol–water partition coefficient (Wildman–Crippen LogP) is 2.99. The molecule has 2 bridgehead atoms. The minimum absolute atomic E-state index is 0.0458. The lowest BCUT2D eigenvalue weighted by Crippen LogP contribution is -2.59. The van der Waals surface area contributed by atoms with Gasteiger partial charge in [-0.15, -0.1) is 0 Å². The van der Waals surface area contributed by atoms with E-state index in [0.717, 1.165) is 12.0 Å². The van der Waals surface area contributed by atoms with E-state index < -0.39 is 23.6 Å². The Bertz CT molecular complexity index is 920. The molecule has 0 aromatic heterocycles. The number of carbonyl (C=O) groups excluding carboxylic acids is 2. The van der Waals surface area contributed by atoms with Crippen LogP contribution in [0.4, 0.5) is 9.59 Å². The van der Waals surface area contributed by atoms with Crippen molar-refractivity contribution >= 4 is 18.0 Å². The number of likely N-dealkylation sites (tertiary alicyclic amines) is 1. The van der Waals surface area contributed by atoms with Gasteiger partial charge in [0.05, 0.1) is 18.2 Å². The van der Waals surface area contributed by atoms with E-state index in [-0.39, 0.29) is 30.7 Å². The first-order valence-corrected chi connectivity index (χ1v) is 11.8. The van der Waals surface area contributed by atoms with Gasteiger partial charge in [-0.1, -0.05) is 51.1 Å². The Morgan fingerprint density at radius 2 is 1.94 bits per heavy atom. The van der Waals surface area contributed by atoms with Crippen LogP contribution < -0.4 is 5.48 Å². The maximum atomic E-state index is 12.9. The summed E-state index contributed by atoms with van der Waals surface area (Å²) in [7, 11) is 0. The molecular weight excluding hydrogens is 440 g/mol. The highest BCUT2D eigenvalue weighted by Crippen LogP contribution is 2.44. The van der Waals surface area contributed by atoms with E-state index >= 15 is 0 Å². The molecule has 2 N–H and O–H groups in total. The lowest BCUT2D eigenvalue weighted by Gasteiger charge is -2.46. The van der Waals surface area contributed by atoms with E-state index in [0.29, 0.717) is 32.4 Å². The largest absolute Gasteiger partial charge is 0.465 e. The molecule has 3 fully saturated rings. The van der Waals surface area contributed by atoms with Crippen molar-refractivity contribution in [1.29, 1.82) is 0 Å². The van der Waals surface area contributed by atoms with Crippen molar-refractivity contribution in [1.82, 2.24) is 20.3 Å². The quantitative estimate of drug-likeness (QED) is 0.588. The fourth-order valence-electron chi connectivity index (χ4n) is 5.39. The molecule has 0 radical (unpaired) electrons. The summed E-state index contributed by atoms with van der Waals surface area (Å²) in [6.45, 7) is 7.13. The number of hydroxylamine groups is 3. The Kier molecular flexibility index (Phi) is 6.73. The molecule has 1 aromatic rings. The van der Waals surface area contributed by atoms with Gasteiger partial charge in [0.25, 0.3) is 5.91 Å². The lowest BCUT2D eigenvalue weighted by molar-refractivity contribution is -0.145. The molecule has 0 unspecified atom stereocenters. The predicted molar refractivity (Wildman–Crippen MR) is 122 cm³/mol. The second-order valence-corrected chi connectivity index (χ2v) is 10.3. The molecule has 3 aliphatic heterocycles. The molecule has 10 heteroatoms. The van der Waals surface area contributed by atoms with Gasteiger partial charge in [-0.25, -0.2) is 15.1 Å². The molecule has 3 heterocycles. The van der Waals surface area contributed by atoms with E-state index in [9.17, 15) is 19.5 Å². The Labute approximate surface area is 199 Å². The van der Waals surface area contributed by atoms with Crippen LogP contribution in [0.5, 0.6) is 0 Å². The zero-order valence-corrected chi connectivity index (χ0v) is 20.0. The van der Waals surface area contributed by atoms with Gasteiger partial charge >= 0.3 is 12.1 Å². The number of rotatable bonds is 7. The van der Waals surface area contributed by atoms with Crippen molar-refractivity contribution in [3.8, 4) is 0 Å². The SMILES string of the molecule is CC(C)(C)[C@]1(CONC(=O)[C@@H]2CC[C@@H]3CN2C(=O)N3OCc2ccccc2)CCCN1C(=O)O. The van der Waals surface area contributed by atoms with Crippen molar-refractivity contribution in [3.05, 3.63) is 35.9 Å². The van der Waals surface area contributed by atoms with Crippen molar-refractivity contribution in [2.75, 3.05) is 19.7 Å². The number of fused-ring (bicyclic) bond motifs is 2. The number of piperidine rings is 1. The molecule has 0 aliphatic carbocycles. The Balaban J connectivity index is 1.34. The van der Waals surface area contributed by atoms with Crippen LogP contribution in [0.15, 0.2) is 30.3 Å². The number of nitrogens with one attached hydrogen (secondary N) is 1. The zero-order valence-electron chi connectivity index (χ0n) is 20.0. The number of carbonyl (C=O) groups is 3. The molecule has 4 amide bonds. The molecule has 3 aliphatic rings. The van der Waals surface area contributed by atoms with Gasteiger partial charge < -0.3 is 10.0 Å². The molecule has 34 heavy (non-hydrogen) atoms. The van der Waals surface area contributed by atoms with Crippen molar-refractivity contribution in [2.45, 2.75) is 70.7 Å². The molecule has 0 saturated carbocycles. The third kappa shape index (κ3) is 4.44. The Hall–Kier alpha value is -2.85. The molecule has 4 rings (SSSR count). The molecular formula is C24H34N4O6. The second-order valence-electron chi connectivity index (χ2n) is 10.3. The molecule has 0 spiro atoms. The molecule has 186 valence electrons. The summed E-state index contributed by atoms with van der Waals surface area (Å²) >= 11 is 0. The van der Waals surface area contributed by atoms with Gasteiger partial charge in [-0.2, -0.15) is 5.06 Å². The molecule has 3 atom stereocenters. The first-order valence-electron chi connectivity index (χ1n) is 11.8. The average Bonchev–Trinajstić information content (AvgIpc) is 3.34. The number of hydrogen-bond acceptors (Lipinski definition) is 5. The van der Waals surface area contributed by atoms with E-state index in [1.54, 1.807) is 0 Å². The fourth-order valence-corrected chi connectivity index (χ4v) is 5.39. The highest BCUT2D eigenvalue weighted by atomic mass is 16.7. The lowest BCUT2D eigenvalue weighted by atomic mass is 9.72. The van der Waals surface area contributed by atoms with Crippen LogP contribution in [0.3, 0.4) is 0 Å². The summed E-state index contributed by atoms with van der Waals surface area (Å²) in [5.74, 6) is -0.402. The summed E-state index contributed by atoms with van der Waals surface area (Å²) < 4.78 is 0. The first-order chi connectivity index (χ1) is 16.1. The first kappa shape index (κ1) is 24.3. The summed E-state index contributed by atoms with van der Waals surface area (Å²) in [6.07, 6.45) is 1.56. The van der Waals surface area contributed by atoms with Crippen molar-refractivity contribution in [3.63, 3.8) is 0 Å². The van der Waals surface area contributed by atoms with E-state index in [4.69, 9.17) is 9.68 Å². The number of hydrogen-bond donors (Lipinski definition) is 2. The van der Waals surface area contributed by atoms with Gasteiger partial charge in [0.2, 0.25) is 0 Å². The van der Waals surface area contributed by atoms with E-state index in [2.05, 4.69) is 5.48 Å². The molecule has 1 aromatic carbocycles. The number of nitrogens with zero attached hydrogens (tertiary/aromatic N) is 3. The van der Waals surface area contributed by atoms with Gasteiger partial charge in [0, 0.05) is 13.1 Å². The Morgan fingerprint density at radius 3 is 2.62 bits per heavy atom. The number of urea groups is 1. The number of carboxylic acid groups (broad SMARTS) is 1. The zero-order chi connectivity index (χ0) is 24.5. The van der Waals surface area contributed by atoms with E-state index in [1.165, 1.54) is 14.9 Å². The average molecular weight is 475 g/mol. The molecule has 3 saturated heterocycles. The third-order valence-corrected chi connectivity index (χ3v) is 7.44. The van der Waals surface area contributed by atoms with E-state index in [1.807, 2.05) is 51.1 Å². The summed E-state index contributed by atoms with van der Waals surface area (Å²) in [6, 6.07) is 8.55. The topological polar surface area (TPSA) is 112 Å². The number of amides is 4. The maximum absolute atomic E-state index is 12.9. The second kappa shape index (κ2) is 9.42. The maximum Gasteiger partial charge on any atom is 0.407 e. The summed E-state index contributed by atoms with van der Waals surface area (Å²) in [5, 5.41) is 11.1. The van der Waals surface area contributed by atoms with Gasteiger partial charge in [-0.05, 0) is 36.7 Å². The van der Waals surface area contributed by atoms with Crippen molar-refractivity contribution < 1.29 is 29.2 Å². The Morgan fingerprint density at radius 1 is 1.21 bits per heavy atom. The van der Waals surface area contributed by atoms with Crippen LogP contribution in [0.1, 0.15) is 52.0 Å². The monoisotopic (exact) mass is 474 g/mol. The minimum Gasteiger partial charge on any atom is -0.465 e. The van der Waals surface area contributed by atoms with Crippen LogP contribution in [-0.2, 0) is 21.1 Å². The van der Waals surface area contributed by atoms with Crippen LogP contribution in [0, 0.1) is 5.41 Å². The normalized spacial score (nSPS) is 26.8. The van der Waals surface area contributed by atoms with Crippen LogP contribution >= 0.6 is 0 Å². The number of benzene rings is 1. The fraction of sp³-hybridized carbons (Fsp3) is 0.625. The van der Waals surface area contributed by atoms with Gasteiger partial charge in [0.15, 0.2) is 0 Å². The van der Waals surface area contributed by atoms with Crippen LogP contribution in [0.2, 0.25) is 0 Å². The standard InChI is InChI=1S/C24H34N4O6/c1-23(2,3)24(12-7-13-27(24)22(31)32)16-33-25-20(29)19-11-10-18-14-26(19)21(30)28(18)34-15-17-8-5-4-6-9-17/h4-6,8-9,18-19H,7,10-16H2,1-3H3,(H,25,29)(H,31,32)/t18-,19+,24-/m1/s1. The highest BCUT2D eigenvalue weighted by molar-refractivity contribution is 5.88. The van der Waals surface area contributed by atoms with Crippen LogP contribution in [0.25, 0.3) is 0 Å². The van der Waals surface area contributed by atoms with Gasteiger partial charge in [-0.3, -0.25) is 19.4 Å². The summed E-state index contributed by atoms with van der Waals surface area (Å²) in [4.78, 5) is 52.1. The smallest absolute Gasteiger partial charge is 0.407 e. The molecule has 10 nitrogen and oxygen atoms in total. The third-order valence-electron chi connectivity index (χ3n) is 7.44. The summed E-state index contributed by atoms with van der Waals surface area (Å²) in [5.41, 5.74) is 2.34. The van der Waals surface area contributed by atoms with Crippen LogP contribution in [-0.4, -0.2) is 75.3 Å². The highest BCUT2D eigenvalue weighted by Gasteiger charge is 2.53. The minimum atomic E-state index is -0.987.